The van der Waals surface area contributed by atoms with Gasteiger partial charge in [-0.3, -0.25) is 4.57 Å². The van der Waals surface area contributed by atoms with Crippen LogP contribution in [0.1, 0.15) is 26.2 Å². The Morgan fingerprint density at radius 2 is 1.89 bits per heavy atom. The molecule has 4 heteroatoms. The molecule has 0 aliphatic carbocycles. The highest BCUT2D eigenvalue weighted by atomic mass is 15.4. The largest absolute Gasteiger partial charge is 0.338 e. The zero-order valence-electron chi connectivity index (χ0n) is 11.6. The lowest BCUT2D eigenvalue weighted by Gasteiger charge is -2.33. The molecule has 19 heavy (non-hydrogen) atoms. The van der Waals surface area contributed by atoms with Crippen LogP contribution in [0.2, 0.25) is 0 Å². The third kappa shape index (κ3) is 2.23. The molecule has 1 fully saturated rings. The van der Waals surface area contributed by atoms with Crippen LogP contribution in [0, 0.1) is 0 Å². The topological polar surface area (TPSA) is 34.0 Å². The number of benzene rings is 1. The average molecular weight is 256 g/mol. The van der Waals surface area contributed by atoms with Crippen molar-refractivity contribution in [2.45, 2.75) is 32.2 Å². The van der Waals surface area contributed by atoms with E-state index in [4.69, 9.17) is 0 Å². The molecule has 1 aromatic carbocycles. The van der Waals surface area contributed by atoms with Crippen LogP contribution >= 0.6 is 0 Å². The summed E-state index contributed by atoms with van der Waals surface area (Å²) in [6, 6.07) is 10.8. The molecule has 1 aliphatic rings. The number of hydrogen-bond donors (Lipinski definition) is 0. The summed E-state index contributed by atoms with van der Waals surface area (Å²) in [5.74, 6) is 1.93. The average Bonchev–Trinajstić information content (AvgIpc) is 2.82. The van der Waals surface area contributed by atoms with Gasteiger partial charge in [-0.2, -0.15) is 0 Å². The molecule has 100 valence electrons. The maximum atomic E-state index is 4.41. The summed E-state index contributed by atoms with van der Waals surface area (Å²) in [5, 5.41) is 8.77. The standard InChI is InChI=1S/C15H20N4/c1-12-8-6-7-11-19(12)15-17-16-14(18(15)2)13-9-4-3-5-10-13/h3-5,9-10,12H,6-8,11H2,1-2H3. The van der Waals surface area contributed by atoms with Crippen LogP contribution in [0.5, 0.6) is 0 Å². The van der Waals surface area contributed by atoms with Gasteiger partial charge in [-0.05, 0) is 26.2 Å². The Morgan fingerprint density at radius 3 is 2.63 bits per heavy atom. The maximum Gasteiger partial charge on any atom is 0.227 e. The molecule has 2 aromatic rings. The van der Waals surface area contributed by atoms with Gasteiger partial charge < -0.3 is 4.90 Å². The first-order valence-corrected chi connectivity index (χ1v) is 6.99. The highest BCUT2D eigenvalue weighted by Gasteiger charge is 2.23. The van der Waals surface area contributed by atoms with Crippen LogP contribution in [-0.2, 0) is 7.05 Å². The third-order valence-electron chi connectivity index (χ3n) is 3.94. The molecule has 1 atom stereocenters. The van der Waals surface area contributed by atoms with Crippen molar-refractivity contribution in [1.82, 2.24) is 14.8 Å². The fraction of sp³-hybridized carbons (Fsp3) is 0.467. The summed E-state index contributed by atoms with van der Waals surface area (Å²) in [6.07, 6.45) is 3.81. The van der Waals surface area contributed by atoms with Crippen LogP contribution in [0.15, 0.2) is 30.3 Å². The van der Waals surface area contributed by atoms with E-state index in [1.807, 2.05) is 18.2 Å². The zero-order valence-corrected chi connectivity index (χ0v) is 11.6. The van der Waals surface area contributed by atoms with Crippen molar-refractivity contribution in [3.63, 3.8) is 0 Å². The van der Waals surface area contributed by atoms with Crippen LogP contribution in [0.4, 0.5) is 5.95 Å². The second kappa shape index (κ2) is 5.03. The first kappa shape index (κ1) is 12.2. The molecular weight excluding hydrogens is 236 g/mol. The second-order valence-electron chi connectivity index (χ2n) is 5.29. The molecule has 0 saturated carbocycles. The lowest BCUT2D eigenvalue weighted by atomic mass is 10.0. The van der Waals surface area contributed by atoms with Crippen molar-refractivity contribution in [2.75, 3.05) is 11.4 Å². The Kier molecular flexibility index (Phi) is 3.23. The van der Waals surface area contributed by atoms with E-state index >= 15 is 0 Å². The van der Waals surface area contributed by atoms with Gasteiger partial charge in [0.05, 0.1) is 0 Å². The van der Waals surface area contributed by atoms with E-state index in [0.29, 0.717) is 6.04 Å². The predicted octanol–water partition coefficient (Wildman–Crippen LogP) is 2.86. The number of hydrogen-bond acceptors (Lipinski definition) is 3. The minimum Gasteiger partial charge on any atom is -0.338 e. The van der Waals surface area contributed by atoms with Gasteiger partial charge in [0, 0.05) is 25.2 Å². The highest BCUT2D eigenvalue weighted by Crippen LogP contribution is 2.26. The first-order valence-electron chi connectivity index (χ1n) is 6.99. The van der Waals surface area contributed by atoms with E-state index in [1.165, 1.54) is 19.3 Å². The molecule has 1 unspecified atom stereocenters. The van der Waals surface area contributed by atoms with Gasteiger partial charge in [-0.1, -0.05) is 30.3 Å². The summed E-state index contributed by atoms with van der Waals surface area (Å²) >= 11 is 0. The Bertz CT molecular complexity index is 547. The fourth-order valence-electron chi connectivity index (χ4n) is 2.80. The molecule has 1 aromatic heterocycles. The first-order chi connectivity index (χ1) is 9.27. The van der Waals surface area contributed by atoms with E-state index in [0.717, 1.165) is 23.9 Å². The molecule has 0 N–H and O–H groups in total. The molecule has 0 spiro atoms. The smallest absolute Gasteiger partial charge is 0.227 e. The summed E-state index contributed by atoms with van der Waals surface area (Å²) in [4.78, 5) is 2.38. The summed E-state index contributed by atoms with van der Waals surface area (Å²) < 4.78 is 2.11. The summed E-state index contributed by atoms with van der Waals surface area (Å²) in [5.41, 5.74) is 1.12. The lowest BCUT2D eigenvalue weighted by Crippen LogP contribution is -2.39. The Morgan fingerprint density at radius 1 is 1.11 bits per heavy atom. The lowest BCUT2D eigenvalue weighted by molar-refractivity contribution is 0.473. The monoisotopic (exact) mass is 256 g/mol. The van der Waals surface area contributed by atoms with Crippen molar-refractivity contribution in [3.05, 3.63) is 30.3 Å². The Balaban J connectivity index is 1.95. The molecule has 1 aliphatic heterocycles. The minimum atomic E-state index is 0.556. The van der Waals surface area contributed by atoms with Gasteiger partial charge in [0.25, 0.3) is 0 Å². The van der Waals surface area contributed by atoms with Crippen molar-refractivity contribution in [1.29, 1.82) is 0 Å². The summed E-state index contributed by atoms with van der Waals surface area (Å²) in [7, 11) is 2.05. The van der Waals surface area contributed by atoms with Gasteiger partial charge in [0.1, 0.15) is 0 Å². The molecule has 0 bridgehead atoms. The van der Waals surface area contributed by atoms with Gasteiger partial charge >= 0.3 is 0 Å². The van der Waals surface area contributed by atoms with Crippen LogP contribution in [0.25, 0.3) is 11.4 Å². The normalized spacial score (nSPS) is 19.7. The van der Waals surface area contributed by atoms with Crippen LogP contribution in [0.3, 0.4) is 0 Å². The third-order valence-corrected chi connectivity index (χ3v) is 3.94. The van der Waals surface area contributed by atoms with Gasteiger partial charge in [-0.15, -0.1) is 10.2 Å². The second-order valence-corrected chi connectivity index (χ2v) is 5.29. The number of rotatable bonds is 2. The highest BCUT2D eigenvalue weighted by molar-refractivity contribution is 5.57. The number of anilines is 1. The quantitative estimate of drug-likeness (QED) is 0.828. The fourth-order valence-corrected chi connectivity index (χ4v) is 2.80. The van der Waals surface area contributed by atoms with Crippen molar-refractivity contribution in [3.8, 4) is 11.4 Å². The van der Waals surface area contributed by atoms with Crippen LogP contribution in [-0.4, -0.2) is 27.4 Å². The maximum absolute atomic E-state index is 4.41. The molecule has 3 rings (SSSR count). The Labute approximate surface area is 114 Å². The van der Waals surface area contributed by atoms with Gasteiger partial charge in [0.2, 0.25) is 5.95 Å². The Hall–Kier alpha value is -1.84. The van der Waals surface area contributed by atoms with Crippen molar-refractivity contribution < 1.29 is 0 Å². The molecule has 0 amide bonds. The number of piperidine rings is 1. The van der Waals surface area contributed by atoms with Crippen molar-refractivity contribution in [2.24, 2.45) is 7.05 Å². The van der Waals surface area contributed by atoms with Gasteiger partial charge in [0.15, 0.2) is 5.82 Å². The van der Waals surface area contributed by atoms with E-state index in [-0.39, 0.29) is 0 Å². The van der Waals surface area contributed by atoms with E-state index in [9.17, 15) is 0 Å². The van der Waals surface area contributed by atoms with E-state index in [1.54, 1.807) is 0 Å². The van der Waals surface area contributed by atoms with Gasteiger partial charge in [-0.25, -0.2) is 0 Å². The molecular formula is C15H20N4. The molecule has 1 saturated heterocycles. The molecule has 0 radical (unpaired) electrons. The van der Waals surface area contributed by atoms with Crippen LogP contribution < -0.4 is 4.90 Å². The molecule has 2 heterocycles. The molecule has 4 nitrogen and oxygen atoms in total. The van der Waals surface area contributed by atoms with E-state index < -0.39 is 0 Å². The minimum absolute atomic E-state index is 0.556. The predicted molar refractivity (Wildman–Crippen MR) is 77.1 cm³/mol. The number of aromatic nitrogens is 3. The van der Waals surface area contributed by atoms with Crippen molar-refractivity contribution >= 4 is 5.95 Å². The number of nitrogens with zero attached hydrogens (tertiary/aromatic N) is 4. The van der Waals surface area contributed by atoms with E-state index in [2.05, 4.69) is 45.8 Å². The SMILES string of the molecule is CC1CCCCN1c1nnc(-c2ccccc2)n1C. The summed E-state index contributed by atoms with van der Waals surface area (Å²) in [6.45, 7) is 3.36. The zero-order chi connectivity index (χ0) is 13.2.